The highest BCUT2D eigenvalue weighted by atomic mass is 16.5. The summed E-state index contributed by atoms with van der Waals surface area (Å²) in [7, 11) is 1.51. The van der Waals surface area contributed by atoms with Gasteiger partial charge in [-0.05, 0) is 55.9 Å². The van der Waals surface area contributed by atoms with E-state index in [1.807, 2.05) is 0 Å². The van der Waals surface area contributed by atoms with Crippen molar-refractivity contribution in [3.8, 4) is 11.5 Å². The van der Waals surface area contributed by atoms with Crippen LogP contribution in [0.4, 0.5) is 0 Å². The third kappa shape index (κ3) is 7.06. The molecule has 1 aliphatic heterocycles. The Balaban J connectivity index is 1.93. The number of hydrogen-bond acceptors (Lipinski definition) is 5. The van der Waals surface area contributed by atoms with E-state index in [2.05, 4.69) is 37.9 Å². The van der Waals surface area contributed by atoms with Crippen molar-refractivity contribution in [3.63, 3.8) is 0 Å². The van der Waals surface area contributed by atoms with Crippen molar-refractivity contribution in [3.05, 3.63) is 29.8 Å². The van der Waals surface area contributed by atoms with Crippen LogP contribution < -0.4 is 20.5 Å². The number of methoxy groups -OCH3 is 1. The van der Waals surface area contributed by atoms with Crippen LogP contribution >= 0.6 is 0 Å². The molecule has 0 spiro atoms. The van der Waals surface area contributed by atoms with Crippen LogP contribution in [0.5, 0.6) is 11.5 Å². The van der Waals surface area contributed by atoms with E-state index >= 15 is 0 Å². The molecule has 1 aromatic rings. The van der Waals surface area contributed by atoms with Gasteiger partial charge in [-0.15, -0.1) is 0 Å². The van der Waals surface area contributed by atoms with Gasteiger partial charge in [0.15, 0.2) is 18.1 Å². The lowest BCUT2D eigenvalue weighted by Gasteiger charge is -2.45. The van der Waals surface area contributed by atoms with Crippen molar-refractivity contribution in [1.29, 1.82) is 0 Å². The maximum atomic E-state index is 12.3. The molecule has 0 saturated carbocycles. The molecule has 30 heavy (non-hydrogen) atoms. The molecule has 1 heterocycles. The normalized spacial score (nSPS) is 20.2. The van der Waals surface area contributed by atoms with E-state index in [1.54, 1.807) is 24.3 Å². The fourth-order valence-electron chi connectivity index (χ4n) is 3.86. The lowest BCUT2D eigenvalue weighted by Crippen LogP contribution is -2.56. The molecule has 1 saturated heterocycles. The van der Waals surface area contributed by atoms with E-state index in [0.717, 1.165) is 18.7 Å². The van der Waals surface area contributed by atoms with Crippen molar-refractivity contribution < 1.29 is 19.1 Å². The van der Waals surface area contributed by atoms with Gasteiger partial charge in [-0.25, -0.2) is 0 Å². The molecule has 0 radical (unpaired) electrons. The Morgan fingerprint density at radius 2 is 1.90 bits per heavy atom. The number of nitrogens with one attached hydrogen (secondary N) is 1. The van der Waals surface area contributed by atoms with Crippen LogP contribution in [0.1, 0.15) is 39.7 Å². The maximum Gasteiger partial charge on any atom is 0.255 e. The average Bonchev–Trinajstić information content (AvgIpc) is 2.68. The van der Waals surface area contributed by atoms with Crippen LogP contribution in [-0.4, -0.2) is 55.6 Å². The summed E-state index contributed by atoms with van der Waals surface area (Å²) >= 11 is 0. The van der Waals surface area contributed by atoms with Crippen molar-refractivity contribution in [2.75, 3.05) is 33.4 Å². The lowest BCUT2D eigenvalue weighted by atomic mass is 9.88. The zero-order chi connectivity index (χ0) is 22.3. The number of carbonyl (C=O) groups is 2. The number of primary amides is 1. The second kappa shape index (κ2) is 10.5. The van der Waals surface area contributed by atoms with E-state index < -0.39 is 5.91 Å². The van der Waals surface area contributed by atoms with Crippen LogP contribution in [-0.2, 0) is 9.59 Å². The summed E-state index contributed by atoms with van der Waals surface area (Å²) in [5.74, 6) is 1.53. The van der Waals surface area contributed by atoms with Crippen molar-refractivity contribution in [2.24, 2.45) is 17.6 Å². The third-order valence-electron chi connectivity index (χ3n) is 5.40. The zero-order valence-corrected chi connectivity index (χ0v) is 18.7. The molecular weight excluding hydrogens is 382 g/mol. The number of ether oxygens (including phenoxy) is 2. The molecule has 0 aromatic heterocycles. The number of hydrogen-bond donors (Lipinski definition) is 2. The number of piperidine rings is 1. The molecule has 2 amide bonds. The van der Waals surface area contributed by atoms with Gasteiger partial charge >= 0.3 is 0 Å². The first-order valence-corrected chi connectivity index (χ1v) is 10.4. The molecule has 2 unspecified atom stereocenters. The quantitative estimate of drug-likeness (QED) is 0.602. The van der Waals surface area contributed by atoms with Gasteiger partial charge in [0.2, 0.25) is 5.91 Å². The number of carbonyl (C=O) groups excluding carboxylic acids is 2. The number of amides is 2. The molecule has 0 aliphatic carbocycles. The van der Waals surface area contributed by atoms with E-state index in [4.69, 9.17) is 15.2 Å². The number of nitrogens with zero attached hydrogens (tertiary/aromatic N) is 1. The fraction of sp³-hybridized carbons (Fsp3) is 0.565. The molecule has 1 fully saturated rings. The second-order valence-electron chi connectivity index (χ2n) is 8.88. The summed E-state index contributed by atoms with van der Waals surface area (Å²) in [4.78, 5) is 25.7. The maximum absolute atomic E-state index is 12.3. The van der Waals surface area contributed by atoms with E-state index in [9.17, 15) is 9.59 Å². The highest BCUT2D eigenvalue weighted by molar-refractivity contribution is 5.91. The van der Waals surface area contributed by atoms with Crippen molar-refractivity contribution in [1.82, 2.24) is 10.2 Å². The first-order chi connectivity index (χ1) is 14.1. The Bertz CT molecular complexity index is 766. The Kier molecular flexibility index (Phi) is 8.29. The summed E-state index contributed by atoms with van der Waals surface area (Å²) < 4.78 is 10.6. The molecule has 1 aromatic carbocycles. The predicted octanol–water partition coefficient (Wildman–Crippen LogP) is 2.45. The predicted molar refractivity (Wildman–Crippen MR) is 118 cm³/mol. The summed E-state index contributed by atoms with van der Waals surface area (Å²) in [5, 5.41) is 3.02. The third-order valence-corrected chi connectivity index (χ3v) is 5.40. The van der Waals surface area contributed by atoms with E-state index in [-0.39, 0.29) is 18.1 Å². The van der Waals surface area contributed by atoms with Gasteiger partial charge in [0.25, 0.3) is 5.91 Å². The smallest absolute Gasteiger partial charge is 0.255 e. The largest absolute Gasteiger partial charge is 0.493 e. The van der Waals surface area contributed by atoms with Crippen LogP contribution in [0.25, 0.3) is 6.08 Å². The van der Waals surface area contributed by atoms with Crippen LogP contribution in [0.2, 0.25) is 0 Å². The van der Waals surface area contributed by atoms with Crippen molar-refractivity contribution >= 4 is 17.9 Å². The summed E-state index contributed by atoms with van der Waals surface area (Å²) in [6, 6.07) is 5.20. The fourth-order valence-corrected chi connectivity index (χ4v) is 3.86. The minimum atomic E-state index is -0.561. The average molecular weight is 418 g/mol. The molecule has 1 aliphatic rings. The number of nitrogens with two attached hydrogens (primary N) is 1. The lowest BCUT2D eigenvalue weighted by molar-refractivity contribution is -0.120. The van der Waals surface area contributed by atoms with Gasteiger partial charge in [0.05, 0.1) is 7.11 Å². The first kappa shape index (κ1) is 23.7. The molecular formula is C23H35N3O4. The monoisotopic (exact) mass is 417 g/mol. The highest BCUT2D eigenvalue weighted by Crippen LogP contribution is 2.29. The van der Waals surface area contributed by atoms with Gasteiger partial charge in [0, 0.05) is 31.2 Å². The second-order valence-corrected chi connectivity index (χ2v) is 8.88. The van der Waals surface area contributed by atoms with Gasteiger partial charge < -0.3 is 20.5 Å². The molecule has 2 atom stereocenters. The summed E-state index contributed by atoms with van der Waals surface area (Å²) in [6.45, 7) is 11.4. The summed E-state index contributed by atoms with van der Waals surface area (Å²) in [5.41, 5.74) is 5.78. The van der Waals surface area contributed by atoms with Gasteiger partial charge in [-0.3, -0.25) is 14.5 Å². The Morgan fingerprint density at radius 1 is 1.23 bits per heavy atom. The minimum absolute atomic E-state index is 0.102. The molecule has 7 heteroatoms. The number of likely N-dealkylation sites (tertiary alicyclic amines) is 1. The van der Waals surface area contributed by atoms with Gasteiger partial charge in [0.1, 0.15) is 0 Å². The summed E-state index contributed by atoms with van der Waals surface area (Å²) in [6.07, 6.45) is 4.49. The highest BCUT2D eigenvalue weighted by Gasteiger charge is 2.32. The Morgan fingerprint density at radius 3 is 2.50 bits per heavy atom. The minimum Gasteiger partial charge on any atom is -0.493 e. The zero-order valence-electron chi connectivity index (χ0n) is 18.7. The number of benzene rings is 1. The first-order valence-electron chi connectivity index (χ1n) is 10.4. The molecule has 2 rings (SSSR count). The number of rotatable bonds is 9. The van der Waals surface area contributed by atoms with Crippen LogP contribution in [0.15, 0.2) is 24.3 Å². The topological polar surface area (TPSA) is 93.9 Å². The molecule has 0 bridgehead atoms. The van der Waals surface area contributed by atoms with Crippen molar-refractivity contribution in [2.45, 2.75) is 39.7 Å². The van der Waals surface area contributed by atoms with Gasteiger partial charge in [-0.2, -0.15) is 0 Å². The van der Waals surface area contributed by atoms with E-state index in [1.165, 1.54) is 19.6 Å². The standard InChI is InChI=1S/C23H35N3O4/c1-16-10-17(2)13-26(12-16)23(3,4)15-25-22(28)9-7-18-6-8-19(20(11-18)29-5)30-14-21(24)27/h6-9,11,16-17H,10,12-15H2,1-5H3,(H2,24,27)(H,25,28)/b9-7+. The molecule has 7 nitrogen and oxygen atoms in total. The van der Waals surface area contributed by atoms with E-state index in [0.29, 0.717) is 29.9 Å². The Hall–Kier alpha value is -2.54. The van der Waals surface area contributed by atoms with Crippen LogP contribution in [0, 0.1) is 11.8 Å². The molecule has 3 N–H and O–H groups in total. The SMILES string of the molecule is COc1cc(/C=C/C(=O)NCC(C)(C)N2CC(C)CC(C)C2)ccc1OCC(N)=O. The van der Waals surface area contributed by atoms with Crippen LogP contribution in [0.3, 0.4) is 0 Å². The van der Waals surface area contributed by atoms with Gasteiger partial charge in [-0.1, -0.05) is 19.9 Å². The Labute approximate surface area is 179 Å². The molecule has 166 valence electrons.